The molecule has 1 aromatic heterocycles. The van der Waals surface area contributed by atoms with Gasteiger partial charge in [0.2, 0.25) is 0 Å². The van der Waals surface area contributed by atoms with Gasteiger partial charge in [-0.3, -0.25) is 0 Å². The Bertz CT molecular complexity index is 736. The van der Waals surface area contributed by atoms with E-state index in [-0.39, 0.29) is 0 Å². The number of anilines is 2. The number of nitrogens with zero attached hydrogens (tertiary/aromatic N) is 2. The molecule has 0 radical (unpaired) electrons. The van der Waals surface area contributed by atoms with Gasteiger partial charge in [0.1, 0.15) is 0 Å². The highest BCUT2D eigenvalue weighted by Gasteiger charge is 2.09. The van der Waals surface area contributed by atoms with Gasteiger partial charge in [-0.2, -0.15) is 0 Å². The van der Waals surface area contributed by atoms with Crippen LogP contribution in [0.5, 0.6) is 0 Å². The first-order valence-electron chi connectivity index (χ1n) is 6.23. The lowest BCUT2D eigenvalue weighted by molar-refractivity contribution is 0.917. The molecule has 2 aromatic carbocycles. The number of rotatable bonds is 3. The zero-order chi connectivity index (χ0) is 14.1. The number of benzene rings is 2. The minimum Gasteiger partial charge on any atom is -0.399 e. The molecule has 0 aliphatic heterocycles. The first-order valence-corrected chi connectivity index (χ1v) is 7.43. The quantitative estimate of drug-likeness (QED) is 0.738. The number of nitrogen functional groups attached to an aromatic ring is 1. The van der Waals surface area contributed by atoms with Crippen molar-refractivity contribution in [2.24, 2.45) is 0 Å². The molecule has 3 nitrogen and oxygen atoms in total. The van der Waals surface area contributed by atoms with E-state index in [0.29, 0.717) is 0 Å². The lowest BCUT2D eigenvalue weighted by Crippen LogP contribution is -2.15. The minimum absolute atomic E-state index is 0.756. The standard InChI is InChI=1S/C15H14ClN3S/c1-19(9-10-2-4-11(16)5-3-10)15-18-13-7-6-12(17)8-14(13)20-15/h2-8H,9,17H2,1H3. The van der Waals surface area contributed by atoms with E-state index in [1.54, 1.807) is 11.3 Å². The molecule has 0 fully saturated rings. The van der Waals surface area contributed by atoms with Crippen LogP contribution in [0, 0.1) is 0 Å². The molecule has 1 heterocycles. The van der Waals surface area contributed by atoms with Gasteiger partial charge in [-0.05, 0) is 35.9 Å². The van der Waals surface area contributed by atoms with Crippen LogP contribution in [0.15, 0.2) is 42.5 Å². The topological polar surface area (TPSA) is 42.2 Å². The van der Waals surface area contributed by atoms with Crippen molar-refractivity contribution < 1.29 is 0 Å². The Kier molecular flexibility index (Phi) is 3.51. The normalized spacial score (nSPS) is 10.9. The average molecular weight is 304 g/mol. The summed E-state index contributed by atoms with van der Waals surface area (Å²) in [7, 11) is 2.04. The number of hydrogen-bond acceptors (Lipinski definition) is 4. The molecule has 0 saturated heterocycles. The highest BCUT2D eigenvalue weighted by atomic mass is 35.5. The maximum atomic E-state index is 5.90. The predicted octanol–water partition coefficient (Wildman–Crippen LogP) is 4.17. The fraction of sp³-hybridized carbons (Fsp3) is 0.133. The lowest BCUT2D eigenvalue weighted by Gasteiger charge is -2.15. The minimum atomic E-state index is 0.756. The third kappa shape index (κ3) is 2.71. The molecular weight excluding hydrogens is 290 g/mol. The number of halogens is 1. The van der Waals surface area contributed by atoms with E-state index in [1.165, 1.54) is 5.56 Å². The molecule has 0 bridgehead atoms. The van der Waals surface area contributed by atoms with E-state index in [2.05, 4.69) is 9.88 Å². The first-order chi connectivity index (χ1) is 9.61. The molecule has 3 aromatic rings. The highest BCUT2D eigenvalue weighted by molar-refractivity contribution is 7.22. The highest BCUT2D eigenvalue weighted by Crippen LogP contribution is 2.30. The fourth-order valence-electron chi connectivity index (χ4n) is 2.02. The number of nitrogens with two attached hydrogens (primary N) is 1. The van der Waals surface area contributed by atoms with Crippen molar-refractivity contribution in [1.82, 2.24) is 4.98 Å². The molecule has 3 rings (SSSR count). The molecule has 0 spiro atoms. The van der Waals surface area contributed by atoms with Crippen LogP contribution in [-0.4, -0.2) is 12.0 Å². The average Bonchev–Trinajstić information content (AvgIpc) is 2.84. The van der Waals surface area contributed by atoms with E-state index < -0.39 is 0 Å². The van der Waals surface area contributed by atoms with Crippen LogP contribution in [-0.2, 0) is 6.54 Å². The first kappa shape index (κ1) is 13.2. The number of fused-ring (bicyclic) bond motifs is 1. The smallest absolute Gasteiger partial charge is 0.186 e. The summed E-state index contributed by atoms with van der Waals surface area (Å²) in [6, 6.07) is 13.7. The third-order valence-electron chi connectivity index (χ3n) is 3.06. The largest absolute Gasteiger partial charge is 0.399 e. The van der Waals surface area contributed by atoms with Gasteiger partial charge in [-0.15, -0.1) is 0 Å². The van der Waals surface area contributed by atoms with Crippen molar-refractivity contribution in [3.63, 3.8) is 0 Å². The van der Waals surface area contributed by atoms with Crippen molar-refractivity contribution in [2.45, 2.75) is 6.54 Å². The summed E-state index contributed by atoms with van der Waals surface area (Å²) in [5.41, 5.74) is 8.76. The molecule has 2 N–H and O–H groups in total. The molecule has 102 valence electrons. The van der Waals surface area contributed by atoms with Gasteiger partial charge >= 0.3 is 0 Å². The van der Waals surface area contributed by atoms with Gasteiger partial charge in [-0.25, -0.2) is 4.98 Å². The molecule has 0 unspecified atom stereocenters. The Labute approximate surface area is 126 Å². The van der Waals surface area contributed by atoms with Gasteiger partial charge in [0.05, 0.1) is 10.2 Å². The van der Waals surface area contributed by atoms with E-state index in [4.69, 9.17) is 17.3 Å². The van der Waals surface area contributed by atoms with Gasteiger partial charge in [0, 0.05) is 24.3 Å². The molecule has 0 aliphatic carbocycles. The van der Waals surface area contributed by atoms with Crippen molar-refractivity contribution in [3.8, 4) is 0 Å². The summed E-state index contributed by atoms with van der Waals surface area (Å²) in [6.45, 7) is 0.798. The molecule has 0 amide bonds. The van der Waals surface area contributed by atoms with Crippen LogP contribution in [0.4, 0.5) is 10.8 Å². The van der Waals surface area contributed by atoms with E-state index >= 15 is 0 Å². The van der Waals surface area contributed by atoms with Crippen LogP contribution in [0.2, 0.25) is 5.02 Å². The summed E-state index contributed by atoms with van der Waals surface area (Å²) < 4.78 is 1.11. The van der Waals surface area contributed by atoms with Gasteiger partial charge < -0.3 is 10.6 Å². The van der Waals surface area contributed by atoms with Crippen molar-refractivity contribution in [3.05, 3.63) is 53.1 Å². The maximum Gasteiger partial charge on any atom is 0.186 e. The summed E-state index contributed by atoms with van der Waals surface area (Å²) in [4.78, 5) is 6.76. The summed E-state index contributed by atoms with van der Waals surface area (Å²) in [5.74, 6) is 0. The van der Waals surface area contributed by atoms with Crippen LogP contribution < -0.4 is 10.6 Å². The number of thiazole rings is 1. The van der Waals surface area contributed by atoms with Crippen molar-refractivity contribution in [2.75, 3.05) is 17.7 Å². The molecule has 0 atom stereocenters. The zero-order valence-electron chi connectivity index (χ0n) is 11.0. The van der Waals surface area contributed by atoms with Crippen LogP contribution in [0.25, 0.3) is 10.2 Å². The Balaban J connectivity index is 1.84. The van der Waals surface area contributed by atoms with Gasteiger partial charge in [0.25, 0.3) is 0 Å². The van der Waals surface area contributed by atoms with Gasteiger partial charge in [-0.1, -0.05) is 35.1 Å². The van der Waals surface area contributed by atoms with Crippen LogP contribution in [0.3, 0.4) is 0 Å². The Morgan fingerprint density at radius 1 is 1.20 bits per heavy atom. The van der Waals surface area contributed by atoms with Crippen LogP contribution >= 0.6 is 22.9 Å². The number of aromatic nitrogens is 1. The Morgan fingerprint density at radius 3 is 2.70 bits per heavy atom. The van der Waals surface area contributed by atoms with E-state index in [1.807, 2.05) is 49.5 Å². The molecule has 20 heavy (non-hydrogen) atoms. The maximum absolute atomic E-state index is 5.90. The second-order valence-electron chi connectivity index (χ2n) is 4.71. The van der Waals surface area contributed by atoms with Gasteiger partial charge in [0.15, 0.2) is 5.13 Å². The van der Waals surface area contributed by atoms with E-state index in [0.717, 1.165) is 32.6 Å². The van der Waals surface area contributed by atoms with Crippen molar-refractivity contribution >= 4 is 44.0 Å². The second-order valence-corrected chi connectivity index (χ2v) is 6.15. The zero-order valence-corrected chi connectivity index (χ0v) is 12.6. The van der Waals surface area contributed by atoms with E-state index in [9.17, 15) is 0 Å². The molecule has 0 aliphatic rings. The Morgan fingerprint density at radius 2 is 1.95 bits per heavy atom. The fourth-order valence-corrected chi connectivity index (χ4v) is 3.12. The third-order valence-corrected chi connectivity index (χ3v) is 4.45. The summed E-state index contributed by atoms with van der Waals surface area (Å²) >= 11 is 7.55. The number of hydrogen-bond donors (Lipinski definition) is 1. The molecule has 0 saturated carbocycles. The summed E-state index contributed by atoms with van der Waals surface area (Å²) in [6.07, 6.45) is 0. The summed E-state index contributed by atoms with van der Waals surface area (Å²) in [5, 5.41) is 1.74. The van der Waals surface area contributed by atoms with Crippen molar-refractivity contribution in [1.29, 1.82) is 0 Å². The molecule has 5 heteroatoms. The monoisotopic (exact) mass is 303 g/mol. The molecular formula is C15H14ClN3S. The predicted molar refractivity (Wildman–Crippen MR) is 87.6 cm³/mol. The SMILES string of the molecule is CN(Cc1ccc(Cl)cc1)c1nc2ccc(N)cc2s1. The lowest BCUT2D eigenvalue weighted by atomic mass is 10.2. The Hall–Kier alpha value is -1.78. The second kappa shape index (κ2) is 5.31. The van der Waals surface area contributed by atoms with Crippen LogP contribution in [0.1, 0.15) is 5.56 Å².